The summed E-state index contributed by atoms with van der Waals surface area (Å²) in [5.41, 5.74) is -0.541. The quantitative estimate of drug-likeness (QED) is 0.605. The van der Waals surface area contributed by atoms with Crippen molar-refractivity contribution in [3.8, 4) is 0 Å². The molecule has 6 heteroatoms. The van der Waals surface area contributed by atoms with Crippen molar-refractivity contribution in [1.82, 2.24) is 10.2 Å². The van der Waals surface area contributed by atoms with E-state index in [9.17, 15) is 19.5 Å². The lowest BCUT2D eigenvalue weighted by atomic mass is 9.85. The van der Waals surface area contributed by atoms with Crippen LogP contribution in [0.5, 0.6) is 0 Å². The first-order chi connectivity index (χ1) is 12.4. The molecule has 6 nitrogen and oxygen atoms in total. The van der Waals surface area contributed by atoms with Gasteiger partial charge in [-0.15, -0.1) is 0 Å². The number of hydrogen-bond donors (Lipinski definition) is 2. The molecule has 4 rings (SSSR count). The first-order valence-electron chi connectivity index (χ1n) is 8.96. The number of likely N-dealkylation sites (tertiary alicyclic amines) is 1. The Morgan fingerprint density at radius 3 is 2.31 bits per heavy atom. The molecule has 0 unspecified atom stereocenters. The first-order valence-corrected chi connectivity index (χ1v) is 8.96. The highest BCUT2D eigenvalue weighted by atomic mass is 16.3. The molecule has 0 radical (unpaired) electrons. The van der Waals surface area contributed by atoms with Crippen LogP contribution in [0.2, 0.25) is 0 Å². The highest BCUT2D eigenvalue weighted by Crippen LogP contribution is 2.52. The van der Waals surface area contributed by atoms with Gasteiger partial charge in [-0.3, -0.25) is 19.3 Å². The van der Waals surface area contributed by atoms with Gasteiger partial charge in [-0.2, -0.15) is 0 Å². The monoisotopic (exact) mass is 354 g/mol. The Kier molecular flexibility index (Phi) is 3.95. The Bertz CT molecular complexity index is 756. The van der Waals surface area contributed by atoms with Crippen LogP contribution in [0.25, 0.3) is 0 Å². The molecule has 1 saturated carbocycles. The Hall–Kier alpha value is -2.47. The van der Waals surface area contributed by atoms with Crippen molar-refractivity contribution in [2.75, 3.05) is 13.1 Å². The molecule has 3 amide bonds. The van der Waals surface area contributed by atoms with Crippen LogP contribution < -0.4 is 5.32 Å². The predicted octanol–water partition coefficient (Wildman–Crippen LogP) is 0.817. The zero-order valence-corrected chi connectivity index (χ0v) is 14.6. The maximum atomic E-state index is 12.6. The Labute approximate surface area is 151 Å². The normalized spacial score (nSPS) is 31.2. The topological polar surface area (TPSA) is 86.7 Å². The van der Waals surface area contributed by atoms with Crippen LogP contribution in [0.4, 0.5) is 0 Å². The summed E-state index contributed by atoms with van der Waals surface area (Å²) in [7, 11) is 0. The maximum Gasteiger partial charge on any atom is 0.240 e. The number of nitrogens with zero attached hydrogens (tertiary/aromatic N) is 1. The molecule has 1 heterocycles. The molecule has 1 aromatic carbocycles. The number of benzene rings is 1. The van der Waals surface area contributed by atoms with E-state index in [-0.39, 0.29) is 48.6 Å². The van der Waals surface area contributed by atoms with E-state index in [2.05, 4.69) is 5.32 Å². The first kappa shape index (κ1) is 17.0. The molecule has 5 atom stereocenters. The summed E-state index contributed by atoms with van der Waals surface area (Å²) in [5.74, 6) is -1.23. The van der Waals surface area contributed by atoms with Gasteiger partial charge in [-0.25, -0.2) is 0 Å². The summed E-state index contributed by atoms with van der Waals surface area (Å²) < 4.78 is 0. The summed E-state index contributed by atoms with van der Waals surface area (Å²) in [6.07, 6.45) is 4.92. The minimum atomic E-state index is -1.23. The number of nitrogens with one attached hydrogen (secondary N) is 1. The highest BCUT2D eigenvalue weighted by Gasteiger charge is 2.59. The summed E-state index contributed by atoms with van der Waals surface area (Å²) in [6, 6.07) is 9.04. The van der Waals surface area contributed by atoms with Crippen LogP contribution in [0, 0.1) is 23.7 Å². The minimum absolute atomic E-state index is 0.00568. The number of carbonyl (C=O) groups is 3. The predicted molar refractivity (Wildman–Crippen MR) is 93.5 cm³/mol. The number of carbonyl (C=O) groups excluding carboxylic acids is 3. The number of aliphatic hydroxyl groups is 1. The van der Waals surface area contributed by atoms with E-state index < -0.39 is 11.5 Å². The molecular weight excluding hydrogens is 332 g/mol. The molecule has 136 valence electrons. The molecule has 1 aliphatic heterocycles. The fourth-order valence-electron chi connectivity index (χ4n) is 4.49. The van der Waals surface area contributed by atoms with E-state index >= 15 is 0 Å². The third-order valence-electron chi connectivity index (χ3n) is 5.89. The molecular formula is C20H22N2O4. The average molecular weight is 354 g/mol. The van der Waals surface area contributed by atoms with Gasteiger partial charge in [-0.1, -0.05) is 42.5 Å². The molecule has 3 aliphatic rings. The fraction of sp³-hybridized carbons (Fsp3) is 0.450. The van der Waals surface area contributed by atoms with Gasteiger partial charge in [0.1, 0.15) is 12.1 Å². The Morgan fingerprint density at radius 2 is 1.73 bits per heavy atom. The third-order valence-corrected chi connectivity index (χ3v) is 5.89. The van der Waals surface area contributed by atoms with Crippen molar-refractivity contribution in [1.29, 1.82) is 0 Å². The van der Waals surface area contributed by atoms with E-state index in [4.69, 9.17) is 0 Å². The van der Waals surface area contributed by atoms with Gasteiger partial charge >= 0.3 is 0 Å². The summed E-state index contributed by atoms with van der Waals surface area (Å²) in [5, 5.41) is 13.2. The van der Waals surface area contributed by atoms with Crippen molar-refractivity contribution in [2.45, 2.75) is 18.9 Å². The SMILES string of the molecule is C[C@@](O)(CNC(=O)CN1C(=O)[C@@H]2[C@H](C1=O)[C@H]1C=C[C@H]2C1)c1ccccc1. The van der Waals surface area contributed by atoms with Crippen molar-refractivity contribution >= 4 is 17.7 Å². The lowest BCUT2D eigenvalue weighted by molar-refractivity contribution is -0.144. The molecule has 2 bridgehead atoms. The second kappa shape index (κ2) is 6.06. The van der Waals surface area contributed by atoms with Crippen LogP contribution in [-0.4, -0.2) is 40.8 Å². The number of allylic oxidation sites excluding steroid dienone is 2. The molecule has 26 heavy (non-hydrogen) atoms. The van der Waals surface area contributed by atoms with Gasteiger partial charge in [0.15, 0.2) is 0 Å². The number of amides is 3. The van der Waals surface area contributed by atoms with Crippen LogP contribution in [0.3, 0.4) is 0 Å². The number of imide groups is 1. The summed E-state index contributed by atoms with van der Waals surface area (Å²) in [6.45, 7) is 1.34. The summed E-state index contributed by atoms with van der Waals surface area (Å²) >= 11 is 0. The van der Waals surface area contributed by atoms with E-state index in [1.807, 2.05) is 30.4 Å². The van der Waals surface area contributed by atoms with Crippen LogP contribution in [0.15, 0.2) is 42.5 Å². The minimum Gasteiger partial charge on any atom is -0.384 e. The molecule has 1 aromatic rings. The number of fused-ring (bicyclic) bond motifs is 5. The number of hydrogen-bond acceptors (Lipinski definition) is 4. The summed E-state index contributed by atoms with van der Waals surface area (Å²) in [4.78, 5) is 38.5. The van der Waals surface area contributed by atoms with Crippen molar-refractivity contribution in [3.63, 3.8) is 0 Å². The van der Waals surface area contributed by atoms with Gasteiger partial charge in [0, 0.05) is 0 Å². The van der Waals surface area contributed by atoms with Gasteiger partial charge in [0.05, 0.1) is 18.4 Å². The van der Waals surface area contributed by atoms with Crippen molar-refractivity contribution in [3.05, 3.63) is 48.0 Å². The zero-order chi connectivity index (χ0) is 18.5. The second-order valence-corrected chi connectivity index (χ2v) is 7.68. The average Bonchev–Trinajstić information content (AvgIpc) is 3.31. The fourth-order valence-corrected chi connectivity index (χ4v) is 4.49. The van der Waals surface area contributed by atoms with Crippen LogP contribution in [0.1, 0.15) is 18.9 Å². The lowest BCUT2D eigenvalue weighted by Crippen LogP contribution is -2.45. The van der Waals surface area contributed by atoms with Gasteiger partial charge in [-0.05, 0) is 30.7 Å². The van der Waals surface area contributed by atoms with Gasteiger partial charge in [0.25, 0.3) is 0 Å². The van der Waals surface area contributed by atoms with E-state index in [0.29, 0.717) is 5.56 Å². The standard InChI is InChI=1S/C20H22N2O4/c1-20(26,14-5-3-2-4-6-14)11-21-15(23)10-22-18(24)16-12-7-8-13(9-12)17(16)19(22)25/h2-8,12-13,16-17,26H,9-11H2,1H3,(H,21,23)/t12-,13-,16-,17+,20+/m0/s1. The smallest absolute Gasteiger partial charge is 0.240 e. The Balaban J connectivity index is 1.37. The second-order valence-electron chi connectivity index (χ2n) is 7.68. The third kappa shape index (κ3) is 2.65. The van der Waals surface area contributed by atoms with Crippen LogP contribution >= 0.6 is 0 Å². The zero-order valence-electron chi connectivity index (χ0n) is 14.6. The van der Waals surface area contributed by atoms with Crippen molar-refractivity contribution in [2.24, 2.45) is 23.7 Å². The van der Waals surface area contributed by atoms with Crippen LogP contribution in [-0.2, 0) is 20.0 Å². The maximum absolute atomic E-state index is 12.6. The molecule has 1 saturated heterocycles. The van der Waals surface area contributed by atoms with E-state index in [1.54, 1.807) is 19.1 Å². The highest BCUT2D eigenvalue weighted by molar-refractivity contribution is 6.08. The molecule has 2 fully saturated rings. The Morgan fingerprint density at radius 1 is 1.15 bits per heavy atom. The van der Waals surface area contributed by atoms with Crippen molar-refractivity contribution < 1.29 is 19.5 Å². The largest absolute Gasteiger partial charge is 0.384 e. The molecule has 0 spiro atoms. The number of rotatable bonds is 5. The molecule has 2 N–H and O–H groups in total. The molecule has 0 aromatic heterocycles. The lowest BCUT2D eigenvalue weighted by Gasteiger charge is -2.25. The van der Waals surface area contributed by atoms with E-state index in [1.165, 1.54) is 0 Å². The van der Waals surface area contributed by atoms with Gasteiger partial charge < -0.3 is 10.4 Å². The van der Waals surface area contributed by atoms with Gasteiger partial charge in [0.2, 0.25) is 17.7 Å². The van der Waals surface area contributed by atoms with E-state index in [0.717, 1.165) is 11.3 Å². The molecule has 2 aliphatic carbocycles.